The average molecular weight is 251 g/mol. The molecule has 0 aliphatic carbocycles. The lowest BCUT2D eigenvalue weighted by Gasteiger charge is -2.27. The van der Waals surface area contributed by atoms with E-state index in [9.17, 15) is 9.90 Å². The highest BCUT2D eigenvalue weighted by Gasteiger charge is 2.35. The Balaban J connectivity index is 3.15. The summed E-state index contributed by atoms with van der Waals surface area (Å²) in [5.74, 6) is -0.0922. The number of aryl methyl sites for hydroxylation is 1. The van der Waals surface area contributed by atoms with Crippen molar-refractivity contribution in [2.45, 2.75) is 33.2 Å². The van der Waals surface area contributed by atoms with Crippen molar-refractivity contribution in [3.05, 3.63) is 29.3 Å². The lowest BCUT2D eigenvalue weighted by molar-refractivity contribution is -0.148. The summed E-state index contributed by atoms with van der Waals surface area (Å²) in [6, 6.07) is 5.04. The molecule has 0 fully saturated rings. The minimum atomic E-state index is -1.00. The largest absolute Gasteiger partial charge is 0.496 e. The number of carbonyl (C=O) groups is 1. The number of carboxylic acids is 1. The maximum absolute atomic E-state index is 11.2. The molecule has 18 heavy (non-hydrogen) atoms. The van der Waals surface area contributed by atoms with Gasteiger partial charge in [0, 0.05) is 6.04 Å². The average Bonchev–Trinajstić information content (AvgIpc) is 2.36. The van der Waals surface area contributed by atoms with Gasteiger partial charge in [-0.15, -0.1) is 0 Å². The smallest absolute Gasteiger partial charge is 0.311 e. The molecule has 100 valence electrons. The number of hydrogen-bond donors (Lipinski definition) is 2. The van der Waals surface area contributed by atoms with Crippen LogP contribution in [0.25, 0.3) is 0 Å². The number of hydrogen-bond acceptors (Lipinski definition) is 3. The van der Waals surface area contributed by atoms with Crippen LogP contribution in [0.15, 0.2) is 18.2 Å². The molecule has 3 N–H and O–H groups in total. The van der Waals surface area contributed by atoms with Gasteiger partial charge in [0.25, 0.3) is 0 Å². The number of methoxy groups -OCH3 is 1. The molecule has 0 heterocycles. The predicted molar refractivity (Wildman–Crippen MR) is 70.7 cm³/mol. The van der Waals surface area contributed by atoms with Gasteiger partial charge in [-0.3, -0.25) is 4.79 Å². The molecule has 4 nitrogen and oxygen atoms in total. The Morgan fingerprint density at radius 3 is 2.56 bits per heavy atom. The van der Waals surface area contributed by atoms with Gasteiger partial charge < -0.3 is 15.6 Å². The first-order valence-corrected chi connectivity index (χ1v) is 6.00. The van der Waals surface area contributed by atoms with Gasteiger partial charge >= 0.3 is 5.97 Å². The predicted octanol–water partition coefficient (Wildman–Crippen LogP) is 2.37. The van der Waals surface area contributed by atoms with Crippen LogP contribution in [0.4, 0.5) is 0 Å². The van der Waals surface area contributed by atoms with Gasteiger partial charge in [-0.2, -0.15) is 0 Å². The van der Waals surface area contributed by atoms with E-state index in [2.05, 4.69) is 0 Å². The molecule has 0 saturated heterocycles. The standard InChI is InChI=1S/C14H21NO3/c1-5-9-8-10(6-7-11(9)18-4)12(15)14(2,3)13(16)17/h6-8,12H,5,15H2,1-4H3,(H,16,17). The van der Waals surface area contributed by atoms with E-state index in [1.54, 1.807) is 21.0 Å². The Hall–Kier alpha value is -1.55. The molecule has 1 aromatic carbocycles. The number of aliphatic carboxylic acids is 1. The fraction of sp³-hybridized carbons (Fsp3) is 0.500. The van der Waals surface area contributed by atoms with Crippen molar-refractivity contribution in [2.24, 2.45) is 11.1 Å². The third-order valence-electron chi connectivity index (χ3n) is 3.37. The van der Waals surface area contributed by atoms with Crippen LogP contribution < -0.4 is 10.5 Å². The van der Waals surface area contributed by atoms with Crippen LogP contribution in [-0.2, 0) is 11.2 Å². The first-order chi connectivity index (χ1) is 8.34. The molecule has 1 atom stereocenters. The molecule has 0 aliphatic heterocycles. The molecule has 0 radical (unpaired) electrons. The highest BCUT2D eigenvalue weighted by atomic mass is 16.5. The zero-order chi connectivity index (χ0) is 13.9. The molecule has 1 unspecified atom stereocenters. The van der Waals surface area contributed by atoms with Crippen LogP contribution in [0, 0.1) is 5.41 Å². The van der Waals surface area contributed by atoms with Gasteiger partial charge in [-0.05, 0) is 37.5 Å². The van der Waals surface area contributed by atoms with Crippen LogP contribution in [-0.4, -0.2) is 18.2 Å². The van der Waals surface area contributed by atoms with Crippen LogP contribution in [0.1, 0.15) is 37.9 Å². The van der Waals surface area contributed by atoms with E-state index in [4.69, 9.17) is 10.5 Å². The number of ether oxygens (including phenoxy) is 1. The van der Waals surface area contributed by atoms with Crippen molar-refractivity contribution in [1.29, 1.82) is 0 Å². The van der Waals surface area contributed by atoms with E-state index in [1.807, 2.05) is 25.1 Å². The molecule has 1 rings (SSSR count). The monoisotopic (exact) mass is 251 g/mol. The van der Waals surface area contributed by atoms with Gasteiger partial charge in [0.1, 0.15) is 5.75 Å². The first kappa shape index (κ1) is 14.5. The summed E-state index contributed by atoms with van der Waals surface area (Å²) in [7, 11) is 1.62. The molecule has 0 saturated carbocycles. The molecule has 0 amide bonds. The number of rotatable bonds is 5. The zero-order valence-corrected chi connectivity index (χ0v) is 11.4. The van der Waals surface area contributed by atoms with Crippen molar-refractivity contribution >= 4 is 5.97 Å². The normalized spacial score (nSPS) is 13.2. The van der Waals surface area contributed by atoms with Gasteiger partial charge in [0.05, 0.1) is 12.5 Å². The molecule has 4 heteroatoms. The minimum Gasteiger partial charge on any atom is -0.496 e. The summed E-state index contributed by atoms with van der Waals surface area (Å²) in [4.78, 5) is 11.2. The molecule has 0 spiro atoms. The van der Waals surface area contributed by atoms with Crippen LogP contribution in [0.3, 0.4) is 0 Å². The lowest BCUT2D eigenvalue weighted by Crippen LogP contribution is -2.36. The number of benzene rings is 1. The Morgan fingerprint density at radius 1 is 1.50 bits per heavy atom. The summed E-state index contributed by atoms with van der Waals surface area (Å²) in [5, 5.41) is 9.20. The maximum Gasteiger partial charge on any atom is 0.311 e. The maximum atomic E-state index is 11.2. The lowest BCUT2D eigenvalue weighted by atomic mass is 9.80. The van der Waals surface area contributed by atoms with Crippen molar-refractivity contribution in [3.8, 4) is 5.75 Å². The fourth-order valence-corrected chi connectivity index (χ4v) is 1.82. The molecule has 1 aromatic rings. The van der Waals surface area contributed by atoms with E-state index in [-0.39, 0.29) is 0 Å². The molecule has 0 aliphatic rings. The van der Waals surface area contributed by atoms with E-state index >= 15 is 0 Å². The van der Waals surface area contributed by atoms with Crippen LogP contribution in [0.5, 0.6) is 5.75 Å². The summed E-state index contributed by atoms with van der Waals surface area (Å²) < 4.78 is 5.25. The molecular weight excluding hydrogens is 230 g/mol. The summed E-state index contributed by atoms with van der Waals surface area (Å²) >= 11 is 0. The summed E-state index contributed by atoms with van der Waals surface area (Å²) in [5.41, 5.74) is 6.92. The quantitative estimate of drug-likeness (QED) is 0.842. The summed E-state index contributed by atoms with van der Waals surface area (Å²) in [6.45, 7) is 5.29. The van der Waals surface area contributed by atoms with Gasteiger partial charge in [-0.25, -0.2) is 0 Å². The second-order valence-corrected chi connectivity index (χ2v) is 4.93. The summed E-state index contributed by atoms with van der Waals surface area (Å²) in [6.07, 6.45) is 0.817. The van der Waals surface area contributed by atoms with Crippen LogP contribution in [0.2, 0.25) is 0 Å². The third kappa shape index (κ3) is 2.64. The van der Waals surface area contributed by atoms with Crippen molar-refractivity contribution in [1.82, 2.24) is 0 Å². The van der Waals surface area contributed by atoms with E-state index in [1.165, 1.54) is 0 Å². The molecular formula is C14H21NO3. The Bertz CT molecular complexity index is 441. The molecule has 0 bridgehead atoms. The zero-order valence-electron chi connectivity index (χ0n) is 11.4. The van der Waals surface area contributed by atoms with Crippen molar-refractivity contribution < 1.29 is 14.6 Å². The third-order valence-corrected chi connectivity index (χ3v) is 3.37. The van der Waals surface area contributed by atoms with Gasteiger partial charge in [0.2, 0.25) is 0 Å². The van der Waals surface area contributed by atoms with Gasteiger partial charge in [0.15, 0.2) is 0 Å². The minimum absolute atomic E-state index is 0.550. The highest BCUT2D eigenvalue weighted by Crippen LogP contribution is 2.33. The second kappa shape index (κ2) is 5.40. The second-order valence-electron chi connectivity index (χ2n) is 4.93. The van der Waals surface area contributed by atoms with E-state index in [0.717, 1.165) is 23.3 Å². The topological polar surface area (TPSA) is 72.6 Å². The number of carboxylic acid groups (broad SMARTS) is 1. The number of nitrogens with two attached hydrogens (primary N) is 1. The Kier molecular flexibility index (Phi) is 4.35. The first-order valence-electron chi connectivity index (χ1n) is 6.00. The Morgan fingerprint density at radius 2 is 2.11 bits per heavy atom. The SMILES string of the molecule is CCc1cc(C(N)C(C)(C)C(=O)O)ccc1OC. The highest BCUT2D eigenvalue weighted by molar-refractivity contribution is 5.75. The van der Waals surface area contributed by atoms with Crippen molar-refractivity contribution in [3.63, 3.8) is 0 Å². The Labute approximate surface area is 108 Å². The van der Waals surface area contributed by atoms with E-state index in [0.29, 0.717) is 0 Å². The van der Waals surface area contributed by atoms with E-state index < -0.39 is 17.4 Å². The van der Waals surface area contributed by atoms with Crippen LogP contribution >= 0.6 is 0 Å². The fourth-order valence-electron chi connectivity index (χ4n) is 1.82. The molecule has 0 aromatic heterocycles. The van der Waals surface area contributed by atoms with Gasteiger partial charge in [-0.1, -0.05) is 19.1 Å². The van der Waals surface area contributed by atoms with Crippen molar-refractivity contribution in [2.75, 3.05) is 7.11 Å².